The quantitative estimate of drug-likeness (QED) is 0.614. The van der Waals surface area contributed by atoms with Crippen LogP contribution in [0, 0.1) is 13.8 Å². The highest BCUT2D eigenvalue weighted by Crippen LogP contribution is 2.35. The van der Waals surface area contributed by atoms with Crippen LogP contribution >= 0.6 is 0 Å². The number of hydrogen-bond acceptors (Lipinski definition) is 6. The lowest BCUT2D eigenvalue weighted by atomic mass is 10.1. The summed E-state index contributed by atoms with van der Waals surface area (Å²) in [6, 6.07) is 7.84. The van der Waals surface area contributed by atoms with Gasteiger partial charge in [-0.1, -0.05) is 0 Å². The zero-order chi connectivity index (χ0) is 21.8. The third kappa shape index (κ3) is 4.17. The summed E-state index contributed by atoms with van der Waals surface area (Å²) in [5, 5.41) is 7.60. The highest BCUT2D eigenvalue weighted by Gasteiger charge is 2.19. The fourth-order valence-corrected chi connectivity index (χ4v) is 3.59. The summed E-state index contributed by atoms with van der Waals surface area (Å²) in [7, 11) is 3.24. The zero-order valence-electron chi connectivity index (χ0n) is 18.4. The maximum absolute atomic E-state index is 11.2. The molecule has 0 aliphatic carbocycles. The number of aromatic nitrogens is 3. The van der Waals surface area contributed by atoms with Crippen molar-refractivity contribution >= 4 is 17.2 Å². The van der Waals surface area contributed by atoms with Crippen molar-refractivity contribution in [2.75, 3.05) is 38.8 Å². The van der Waals surface area contributed by atoms with Gasteiger partial charge in [-0.2, -0.15) is 5.10 Å². The van der Waals surface area contributed by atoms with Crippen molar-refractivity contribution in [1.82, 2.24) is 19.9 Å². The van der Waals surface area contributed by atoms with Crippen molar-refractivity contribution in [3.8, 4) is 22.8 Å². The number of ether oxygens (including phenoxy) is 2. The summed E-state index contributed by atoms with van der Waals surface area (Å²) in [5.74, 6) is 1.30. The predicted octanol–water partition coefficient (Wildman–Crippen LogP) is 2.99. The molecule has 3 aromatic rings. The van der Waals surface area contributed by atoms with E-state index in [1.807, 2.05) is 42.6 Å². The lowest BCUT2D eigenvalue weighted by Gasteiger charge is -2.24. The van der Waals surface area contributed by atoms with Gasteiger partial charge in [-0.05, 0) is 45.0 Å². The van der Waals surface area contributed by atoms with Crippen LogP contribution in [-0.2, 0) is 4.79 Å². The molecule has 0 atom stereocenters. The fourth-order valence-electron chi connectivity index (χ4n) is 3.59. The summed E-state index contributed by atoms with van der Waals surface area (Å²) >= 11 is 0. The van der Waals surface area contributed by atoms with Gasteiger partial charge in [-0.3, -0.25) is 4.79 Å². The summed E-state index contributed by atoms with van der Waals surface area (Å²) in [6.45, 7) is 9.61. The van der Waals surface area contributed by atoms with Crippen LogP contribution in [0.4, 0.5) is 5.69 Å². The van der Waals surface area contributed by atoms with Crippen LogP contribution in [0.15, 0.2) is 24.3 Å². The number of benzene rings is 1. The maximum atomic E-state index is 11.2. The molecule has 0 spiro atoms. The molecule has 1 N–H and O–H groups in total. The molecule has 8 nitrogen and oxygen atoms in total. The van der Waals surface area contributed by atoms with Crippen LogP contribution in [0.3, 0.4) is 0 Å². The number of hydrogen-bond donors (Lipinski definition) is 1. The van der Waals surface area contributed by atoms with Crippen LogP contribution < -0.4 is 19.7 Å². The average molecular weight is 412 g/mol. The molecule has 1 amide bonds. The monoisotopic (exact) mass is 411 g/mol. The second kappa shape index (κ2) is 9.02. The van der Waals surface area contributed by atoms with E-state index in [-0.39, 0.29) is 5.91 Å². The third-order valence-electron chi connectivity index (χ3n) is 5.00. The van der Waals surface area contributed by atoms with Gasteiger partial charge in [0.2, 0.25) is 5.91 Å². The molecule has 3 rings (SSSR count). The molecule has 8 heteroatoms. The fraction of sp³-hybridized carbons (Fsp3) is 0.409. The topological polar surface area (TPSA) is 81.0 Å². The van der Waals surface area contributed by atoms with Gasteiger partial charge in [0.05, 0.1) is 37.0 Å². The highest BCUT2D eigenvalue weighted by molar-refractivity contribution is 5.77. The molecule has 160 valence electrons. The van der Waals surface area contributed by atoms with Crippen LogP contribution in [0.1, 0.15) is 25.2 Å². The number of carbonyl (C=O) groups is 1. The van der Waals surface area contributed by atoms with Crippen molar-refractivity contribution < 1.29 is 14.3 Å². The largest absolute Gasteiger partial charge is 0.493 e. The Kier molecular flexibility index (Phi) is 6.44. The second-order valence-electron chi connectivity index (χ2n) is 7.08. The number of likely N-dealkylation sites (N-methyl/N-ethyl adjacent to an activating group) is 1. The number of carbonyl (C=O) groups excluding carboxylic acids is 1. The van der Waals surface area contributed by atoms with Gasteiger partial charge < -0.3 is 19.7 Å². The number of nitrogens with zero attached hydrogens (tertiary/aromatic N) is 4. The molecule has 30 heavy (non-hydrogen) atoms. The summed E-state index contributed by atoms with van der Waals surface area (Å²) < 4.78 is 12.7. The second-order valence-corrected chi connectivity index (χ2v) is 7.08. The summed E-state index contributed by atoms with van der Waals surface area (Å²) in [5.41, 5.74) is 5.39. The molecule has 0 unspecified atom stereocenters. The minimum absolute atomic E-state index is 0.0329. The van der Waals surface area contributed by atoms with E-state index in [9.17, 15) is 4.79 Å². The smallest absolute Gasteiger partial charge is 0.216 e. The Morgan fingerprint density at radius 3 is 2.53 bits per heavy atom. The van der Waals surface area contributed by atoms with Crippen LogP contribution in [0.25, 0.3) is 16.9 Å². The average Bonchev–Trinajstić information content (AvgIpc) is 3.05. The van der Waals surface area contributed by atoms with Crippen molar-refractivity contribution in [1.29, 1.82) is 0 Å². The molecule has 0 radical (unpaired) electrons. The number of fused-ring (bicyclic) bond motifs is 1. The number of amides is 1. The van der Waals surface area contributed by atoms with Gasteiger partial charge in [0.15, 0.2) is 17.1 Å². The van der Waals surface area contributed by atoms with Crippen molar-refractivity contribution in [3.05, 3.63) is 35.7 Å². The Balaban J connectivity index is 2.11. The van der Waals surface area contributed by atoms with E-state index in [4.69, 9.17) is 19.6 Å². The first-order chi connectivity index (χ1) is 14.4. The van der Waals surface area contributed by atoms with E-state index < -0.39 is 0 Å². The van der Waals surface area contributed by atoms with E-state index in [1.54, 1.807) is 14.2 Å². The first kappa shape index (κ1) is 21.4. The minimum Gasteiger partial charge on any atom is -0.493 e. The number of methoxy groups -OCH3 is 2. The van der Waals surface area contributed by atoms with Gasteiger partial charge in [-0.15, -0.1) is 0 Å². The first-order valence-electron chi connectivity index (χ1n) is 9.98. The lowest BCUT2D eigenvalue weighted by molar-refractivity contribution is -0.118. The first-order valence-corrected chi connectivity index (χ1v) is 9.98. The van der Waals surface area contributed by atoms with E-state index in [2.05, 4.69) is 17.1 Å². The Bertz CT molecular complexity index is 1060. The standard InChI is InChI=1S/C22H29N5O3/c1-7-26(11-10-23-16(4)28)18-12-14(2)25-27-21(15(3)24-22(18)27)17-8-9-19(29-5)20(13-17)30-6/h8-9,12-13H,7,10-11H2,1-6H3,(H,23,28). The number of rotatable bonds is 8. The van der Waals surface area contributed by atoms with Crippen LogP contribution in [0.2, 0.25) is 0 Å². The number of nitrogens with one attached hydrogen (secondary N) is 1. The van der Waals surface area contributed by atoms with Gasteiger partial charge in [0, 0.05) is 32.1 Å². The molecule has 2 heterocycles. The van der Waals surface area contributed by atoms with Crippen LogP contribution in [-0.4, -0.2) is 54.4 Å². The SMILES string of the molecule is CCN(CCNC(C)=O)c1cc(C)nn2c(-c3ccc(OC)c(OC)c3)c(C)nc12. The zero-order valence-corrected chi connectivity index (χ0v) is 18.4. The van der Waals surface area contributed by atoms with E-state index in [1.165, 1.54) is 6.92 Å². The third-order valence-corrected chi connectivity index (χ3v) is 5.00. The van der Waals surface area contributed by atoms with E-state index >= 15 is 0 Å². The van der Waals surface area contributed by atoms with Gasteiger partial charge in [0.1, 0.15) is 0 Å². The van der Waals surface area contributed by atoms with Gasteiger partial charge in [0.25, 0.3) is 0 Å². The Morgan fingerprint density at radius 1 is 1.17 bits per heavy atom. The number of imidazole rings is 1. The predicted molar refractivity (Wildman–Crippen MR) is 118 cm³/mol. The highest BCUT2D eigenvalue weighted by atomic mass is 16.5. The number of aryl methyl sites for hydroxylation is 2. The van der Waals surface area contributed by atoms with Gasteiger partial charge in [-0.25, -0.2) is 9.50 Å². The molecular weight excluding hydrogens is 382 g/mol. The maximum Gasteiger partial charge on any atom is 0.216 e. The summed E-state index contributed by atoms with van der Waals surface area (Å²) in [6.07, 6.45) is 0. The van der Waals surface area contributed by atoms with Gasteiger partial charge >= 0.3 is 0 Å². The lowest BCUT2D eigenvalue weighted by Crippen LogP contribution is -2.34. The van der Waals surface area contributed by atoms with E-state index in [0.29, 0.717) is 24.6 Å². The van der Waals surface area contributed by atoms with Crippen molar-refractivity contribution in [2.24, 2.45) is 0 Å². The molecule has 0 aliphatic heterocycles. The van der Waals surface area contributed by atoms with Crippen LogP contribution in [0.5, 0.6) is 11.5 Å². The molecule has 0 aliphatic rings. The molecular formula is C22H29N5O3. The molecule has 0 fully saturated rings. The Morgan fingerprint density at radius 2 is 1.90 bits per heavy atom. The van der Waals surface area contributed by atoms with E-state index in [0.717, 1.165) is 40.5 Å². The number of anilines is 1. The minimum atomic E-state index is -0.0329. The van der Waals surface area contributed by atoms with Crippen molar-refractivity contribution in [2.45, 2.75) is 27.7 Å². The summed E-state index contributed by atoms with van der Waals surface area (Å²) in [4.78, 5) is 18.3. The Labute approximate surface area is 176 Å². The molecule has 0 saturated heterocycles. The normalized spacial score (nSPS) is 10.9. The molecule has 0 saturated carbocycles. The molecule has 1 aromatic carbocycles. The molecule has 2 aromatic heterocycles. The Hall–Kier alpha value is -3.29. The van der Waals surface area contributed by atoms with Crippen molar-refractivity contribution in [3.63, 3.8) is 0 Å². The molecule has 0 bridgehead atoms.